The van der Waals surface area contributed by atoms with Crippen molar-refractivity contribution in [3.05, 3.63) is 34.6 Å². The lowest BCUT2D eigenvalue weighted by atomic mass is 9.92. The monoisotopic (exact) mass is 286 g/mol. The SMILES string of the molecule is NC(=O)[C@]1(O)CCCN(Cc2cccc(Cl)c2F)C1. The second kappa shape index (κ2) is 5.45. The van der Waals surface area contributed by atoms with Crippen molar-refractivity contribution in [2.45, 2.75) is 25.0 Å². The summed E-state index contributed by atoms with van der Waals surface area (Å²) in [6, 6.07) is 4.79. The number of aliphatic hydroxyl groups is 1. The van der Waals surface area contributed by atoms with Gasteiger partial charge in [-0.2, -0.15) is 0 Å². The Kier molecular flexibility index (Phi) is 4.08. The number of hydrogen-bond acceptors (Lipinski definition) is 3. The van der Waals surface area contributed by atoms with Gasteiger partial charge < -0.3 is 10.8 Å². The van der Waals surface area contributed by atoms with Crippen LogP contribution in [0.3, 0.4) is 0 Å². The molecule has 0 saturated carbocycles. The normalized spacial score (nSPS) is 24.4. The van der Waals surface area contributed by atoms with Crippen molar-refractivity contribution in [1.29, 1.82) is 0 Å². The Bertz CT molecular complexity index is 498. The molecule has 1 aliphatic rings. The number of piperidine rings is 1. The van der Waals surface area contributed by atoms with Crippen LogP contribution in [0.1, 0.15) is 18.4 Å². The van der Waals surface area contributed by atoms with Gasteiger partial charge in [-0.1, -0.05) is 23.7 Å². The first kappa shape index (κ1) is 14.2. The quantitative estimate of drug-likeness (QED) is 0.880. The summed E-state index contributed by atoms with van der Waals surface area (Å²) in [5.41, 5.74) is 4.13. The number of likely N-dealkylation sites (tertiary alicyclic amines) is 1. The molecule has 3 N–H and O–H groups in total. The predicted molar refractivity (Wildman–Crippen MR) is 70.1 cm³/mol. The Balaban J connectivity index is 2.11. The number of benzene rings is 1. The standard InChI is InChI=1S/C13H16ClFN2O2/c14-10-4-1-3-9(11(10)15)7-17-6-2-5-13(19,8-17)12(16)18/h1,3-4,19H,2,5-8H2,(H2,16,18)/t13-/m0/s1. The van der Waals surface area contributed by atoms with E-state index < -0.39 is 17.3 Å². The maximum Gasteiger partial charge on any atom is 0.250 e. The molecule has 1 aromatic carbocycles. The van der Waals surface area contributed by atoms with Crippen molar-refractivity contribution in [3.63, 3.8) is 0 Å². The molecule has 1 saturated heterocycles. The van der Waals surface area contributed by atoms with Crippen LogP contribution in [0.15, 0.2) is 18.2 Å². The van der Waals surface area contributed by atoms with E-state index in [4.69, 9.17) is 17.3 Å². The zero-order chi connectivity index (χ0) is 14.0. The molecule has 104 valence electrons. The van der Waals surface area contributed by atoms with E-state index in [0.717, 1.165) is 0 Å². The molecule has 2 rings (SSSR count). The van der Waals surface area contributed by atoms with Crippen LogP contribution in [0.4, 0.5) is 4.39 Å². The predicted octanol–water partition coefficient (Wildman–Crippen LogP) is 1.29. The minimum atomic E-state index is -1.52. The summed E-state index contributed by atoms with van der Waals surface area (Å²) in [6.07, 6.45) is 0.985. The molecule has 19 heavy (non-hydrogen) atoms. The number of amides is 1. The zero-order valence-corrected chi connectivity index (χ0v) is 11.2. The van der Waals surface area contributed by atoms with Gasteiger partial charge >= 0.3 is 0 Å². The molecule has 6 heteroatoms. The van der Waals surface area contributed by atoms with Gasteiger partial charge in [-0.05, 0) is 25.5 Å². The van der Waals surface area contributed by atoms with Gasteiger partial charge in [0.05, 0.1) is 5.02 Å². The Morgan fingerprint density at radius 2 is 2.32 bits per heavy atom. The summed E-state index contributed by atoms with van der Waals surface area (Å²) >= 11 is 5.72. The van der Waals surface area contributed by atoms with E-state index >= 15 is 0 Å². The number of β-amino-alcohol motifs (C(OH)–C–C–N with tert-alkyl or cyclic N) is 1. The number of carbonyl (C=O) groups excluding carboxylic acids is 1. The second-order valence-corrected chi connectivity index (χ2v) is 5.33. The molecule has 0 aliphatic carbocycles. The average Bonchev–Trinajstić information content (AvgIpc) is 2.35. The highest BCUT2D eigenvalue weighted by Gasteiger charge is 2.38. The number of rotatable bonds is 3. The molecule has 0 bridgehead atoms. The third-order valence-corrected chi connectivity index (χ3v) is 3.73. The first-order valence-electron chi connectivity index (χ1n) is 6.10. The van der Waals surface area contributed by atoms with Gasteiger partial charge in [0.15, 0.2) is 5.60 Å². The molecule has 0 spiro atoms. The smallest absolute Gasteiger partial charge is 0.250 e. The highest BCUT2D eigenvalue weighted by atomic mass is 35.5. The van der Waals surface area contributed by atoms with Crippen molar-refractivity contribution in [3.8, 4) is 0 Å². The topological polar surface area (TPSA) is 66.6 Å². The fraction of sp³-hybridized carbons (Fsp3) is 0.462. The highest BCUT2D eigenvalue weighted by Crippen LogP contribution is 2.24. The van der Waals surface area contributed by atoms with Crippen molar-refractivity contribution in [1.82, 2.24) is 4.90 Å². The van der Waals surface area contributed by atoms with Crippen molar-refractivity contribution < 1.29 is 14.3 Å². The molecular weight excluding hydrogens is 271 g/mol. The minimum Gasteiger partial charge on any atom is -0.379 e. The molecule has 0 unspecified atom stereocenters. The first-order valence-corrected chi connectivity index (χ1v) is 6.48. The Hall–Kier alpha value is -1.17. The Morgan fingerprint density at radius 3 is 3.00 bits per heavy atom. The summed E-state index contributed by atoms with van der Waals surface area (Å²) < 4.78 is 13.8. The molecular formula is C13H16ClFN2O2. The van der Waals surface area contributed by atoms with E-state index in [1.54, 1.807) is 12.1 Å². The van der Waals surface area contributed by atoms with Crippen LogP contribution >= 0.6 is 11.6 Å². The van der Waals surface area contributed by atoms with E-state index in [-0.39, 0.29) is 11.6 Å². The number of nitrogens with two attached hydrogens (primary N) is 1. The zero-order valence-electron chi connectivity index (χ0n) is 10.4. The van der Waals surface area contributed by atoms with Crippen LogP contribution < -0.4 is 5.73 Å². The van der Waals surface area contributed by atoms with Crippen LogP contribution in [-0.2, 0) is 11.3 Å². The molecule has 1 fully saturated rings. The Labute approximate surface area is 116 Å². The number of primary amides is 1. The highest BCUT2D eigenvalue weighted by molar-refractivity contribution is 6.30. The van der Waals surface area contributed by atoms with Gasteiger partial charge in [-0.3, -0.25) is 9.69 Å². The van der Waals surface area contributed by atoms with Gasteiger partial charge in [0.2, 0.25) is 0 Å². The van der Waals surface area contributed by atoms with E-state index in [2.05, 4.69) is 0 Å². The maximum absolute atomic E-state index is 13.8. The van der Waals surface area contributed by atoms with Crippen LogP contribution in [0.2, 0.25) is 5.02 Å². The average molecular weight is 287 g/mol. The minimum absolute atomic E-state index is 0.0691. The largest absolute Gasteiger partial charge is 0.379 e. The Morgan fingerprint density at radius 1 is 1.58 bits per heavy atom. The summed E-state index contributed by atoms with van der Waals surface area (Å²) in [5.74, 6) is -1.19. The number of halogens is 2. The molecule has 1 aromatic rings. The van der Waals surface area contributed by atoms with Gasteiger partial charge in [0.25, 0.3) is 5.91 Å². The van der Waals surface area contributed by atoms with E-state index in [0.29, 0.717) is 31.5 Å². The van der Waals surface area contributed by atoms with Gasteiger partial charge in [0, 0.05) is 18.7 Å². The third-order valence-electron chi connectivity index (χ3n) is 3.43. The number of hydrogen-bond donors (Lipinski definition) is 2. The van der Waals surface area contributed by atoms with Gasteiger partial charge in [0.1, 0.15) is 5.82 Å². The molecule has 1 amide bonds. The lowest BCUT2D eigenvalue weighted by Crippen LogP contribution is -2.55. The third kappa shape index (κ3) is 3.05. The molecule has 4 nitrogen and oxygen atoms in total. The lowest BCUT2D eigenvalue weighted by molar-refractivity contribution is -0.142. The van der Waals surface area contributed by atoms with E-state index in [9.17, 15) is 14.3 Å². The summed E-state index contributed by atoms with van der Waals surface area (Å²) in [7, 11) is 0. The number of carbonyl (C=O) groups is 1. The molecule has 1 atom stereocenters. The number of nitrogens with zero attached hydrogens (tertiary/aromatic N) is 1. The summed E-state index contributed by atoms with van der Waals surface area (Å²) in [5, 5.41) is 10.2. The molecule has 0 radical (unpaired) electrons. The van der Waals surface area contributed by atoms with Gasteiger partial charge in [-0.25, -0.2) is 4.39 Å². The maximum atomic E-state index is 13.8. The molecule has 1 aliphatic heterocycles. The molecule has 0 aromatic heterocycles. The van der Waals surface area contributed by atoms with Crippen LogP contribution in [0.25, 0.3) is 0 Å². The van der Waals surface area contributed by atoms with Crippen LogP contribution in [0, 0.1) is 5.82 Å². The van der Waals surface area contributed by atoms with Crippen molar-refractivity contribution >= 4 is 17.5 Å². The lowest BCUT2D eigenvalue weighted by Gasteiger charge is -2.37. The second-order valence-electron chi connectivity index (χ2n) is 4.92. The van der Waals surface area contributed by atoms with Crippen molar-refractivity contribution in [2.75, 3.05) is 13.1 Å². The van der Waals surface area contributed by atoms with E-state index in [1.165, 1.54) is 6.07 Å². The van der Waals surface area contributed by atoms with E-state index in [1.807, 2.05) is 4.90 Å². The first-order chi connectivity index (χ1) is 8.92. The van der Waals surface area contributed by atoms with Crippen molar-refractivity contribution in [2.24, 2.45) is 5.73 Å². The molecule has 1 heterocycles. The fourth-order valence-corrected chi connectivity index (χ4v) is 2.56. The summed E-state index contributed by atoms with van der Waals surface area (Å²) in [6.45, 7) is 1.10. The van der Waals surface area contributed by atoms with Crippen LogP contribution in [-0.4, -0.2) is 34.6 Å². The van der Waals surface area contributed by atoms with Gasteiger partial charge in [-0.15, -0.1) is 0 Å². The van der Waals surface area contributed by atoms with Crippen LogP contribution in [0.5, 0.6) is 0 Å². The fourth-order valence-electron chi connectivity index (χ4n) is 2.37. The summed E-state index contributed by atoms with van der Waals surface area (Å²) in [4.78, 5) is 13.1.